The molecule has 0 aromatic carbocycles. The average molecular weight is 314 g/mol. The van der Waals surface area contributed by atoms with Gasteiger partial charge in [-0.05, 0) is 12.8 Å². The van der Waals surface area contributed by atoms with Gasteiger partial charge in [-0.1, -0.05) is 18.0 Å². The molecular formula is C12H12ClN3O5. The zero-order valence-electron chi connectivity index (χ0n) is 10.8. The van der Waals surface area contributed by atoms with Gasteiger partial charge in [-0.3, -0.25) is 19.7 Å². The fraction of sp³-hybridized carbons (Fsp3) is 0.417. The number of aromatic nitrogens is 1. The Hall–Kier alpha value is -2.22. The summed E-state index contributed by atoms with van der Waals surface area (Å²) in [7, 11) is 0. The van der Waals surface area contributed by atoms with Crippen LogP contribution in [0.15, 0.2) is 12.3 Å². The van der Waals surface area contributed by atoms with E-state index in [1.165, 1.54) is 0 Å². The SMILES string of the molecule is O=C(NCC1(C(=O)O)CCC1)c1cc([N+](=O)[O-])cnc1Cl. The second-order valence-electron chi connectivity index (χ2n) is 4.91. The number of carboxylic acid groups (broad SMARTS) is 1. The summed E-state index contributed by atoms with van der Waals surface area (Å²) < 4.78 is 0. The fourth-order valence-electron chi connectivity index (χ4n) is 2.11. The first kappa shape index (κ1) is 15.2. The van der Waals surface area contributed by atoms with Crippen molar-refractivity contribution >= 4 is 29.2 Å². The van der Waals surface area contributed by atoms with Gasteiger partial charge in [-0.2, -0.15) is 0 Å². The van der Waals surface area contributed by atoms with Crippen LogP contribution in [0.5, 0.6) is 0 Å². The predicted octanol–water partition coefficient (Wildman–Crippen LogP) is 1.63. The molecule has 1 amide bonds. The first-order valence-electron chi connectivity index (χ1n) is 6.17. The number of nitro groups is 1. The van der Waals surface area contributed by atoms with Gasteiger partial charge in [-0.15, -0.1) is 0 Å². The maximum absolute atomic E-state index is 12.0. The summed E-state index contributed by atoms with van der Waals surface area (Å²) in [6.45, 7) is -0.0415. The van der Waals surface area contributed by atoms with Crippen LogP contribution in [0.2, 0.25) is 5.15 Å². The summed E-state index contributed by atoms with van der Waals surface area (Å²) in [4.78, 5) is 36.7. The second kappa shape index (κ2) is 5.65. The minimum absolute atomic E-state index is 0.0415. The number of hydrogen-bond donors (Lipinski definition) is 2. The molecule has 1 saturated carbocycles. The molecule has 0 bridgehead atoms. The Labute approximate surface area is 124 Å². The molecule has 8 nitrogen and oxygen atoms in total. The van der Waals surface area contributed by atoms with Gasteiger partial charge in [0.15, 0.2) is 0 Å². The number of rotatable bonds is 5. The molecule has 2 rings (SSSR count). The zero-order chi connectivity index (χ0) is 15.6. The van der Waals surface area contributed by atoms with E-state index in [2.05, 4.69) is 10.3 Å². The molecule has 21 heavy (non-hydrogen) atoms. The predicted molar refractivity (Wildman–Crippen MR) is 72.2 cm³/mol. The number of amides is 1. The van der Waals surface area contributed by atoms with Gasteiger partial charge in [0, 0.05) is 12.6 Å². The monoisotopic (exact) mass is 313 g/mol. The number of nitrogens with one attached hydrogen (secondary N) is 1. The molecule has 0 saturated heterocycles. The number of aliphatic carboxylic acids is 1. The zero-order valence-corrected chi connectivity index (χ0v) is 11.6. The Morgan fingerprint density at radius 2 is 2.19 bits per heavy atom. The number of pyridine rings is 1. The minimum Gasteiger partial charge on any atom is -0.481 e. The summed E-state index contributed by atoms with van der Waals surface area (Å²) in [5.41, 5.74) is -1.46. The molecule has 112 valence electrons. The van der Waals surface area contributed by atoms with Crippen molar-refractivity contribution in [1.82, 2.24) is 10.3 Å². The molecule has 1 aliphatic carbocycles. The van der Waals surface area contributed by atoms with Gasteiger partial charge in [0.2, 0.25) is 0 Å². The van der Waals surface area contributed by atoms with Gasteiger partial charge >= 0.3 is 5.97 Å². The third kappa shape index (κ3) is 2.94. The van der Waals surface area contributed by atoms with Crippen LogP contribution in [0, 0.1) is 15.5 Å². The average Bonchev–Trinajstić information content (AvgIpc) is 2.36. The Bertz CT molecular complexity index is 615. The van der Waals surface area contributed by atoms with E-state index < -0.39 is 22.2 Å². The minimum atomic E-state index is -0.961. The van der Waals surface area contributed by atoms with Crippen molar-refractivity contribution in [2.45, 2.75) is 19.3 Å². The van der Waals surface area contributed by atoms with Crippen LogP contribution in [-0.2, 0) is 4.79 Å². The number of carbonyl (C=O) groups excluding carboxylic acids is 1. The van der Waals surface area contributed by atoms with Gasteiger partial charge in [-0.25, -0.2) is 4.98 Å². The number of carbonyl (C=O) groups is 2. The molecule has 0 radical (unpaired) electrons. The molecule has 1 heterocycles. The molecule has 0 unspecified atom stereocenters. The molecule has 0 spiro atoms. The summed E-state index contributed by atoms with van der Waals surface area (Å²) in [6, 6.07) is 1.01. The van der Waals surface area contributed by atoms with Crippen LogP contribution in [0.1, 0.15) is 29.6 Å². The van der Waals surface area contributed by atoms with Crippen molar-refractivity contribution in [2.75, 3.05) is 6.54 Å². The van der Waals surface area contributed by atoms with Crippen LogP contribution >= 0.6 is 11.6 Å². The van der Waals surface area contributed by atoms with Gasteiger partial charge in [0.1, 0.15) is 11.3 Å². The van der Waals surface area contributed by atoms with Crippen molar-refractivity contribution in [2.24, 2.45) is 5.41 Å². The highest BCUT2D eigenvalue weighted by atomic mass is 35.5. The molecule has 1 aliphatic rings. The standard InChI is InChI=1S/C12H12ClN3O5/c13-9-8(4-7(5-14-9)16(20)21)10(17)15-6-12(11(18)19)2-1-3-12/h4-5H,1-3,6H2,(H,15,17)(H,18,19). The summed E-state index contributed by atoms with van der Waals surface area (Å²) in [6.07, 6.45) is 2.72. The first-order valence-corrected chi connectivity index (χ1v) is 6.55. The highest BCUT2D eigenvalue weighted by molar-refractivity contribution is 6.32. The summed E-state index contributed by atoms with van der Waals surface area (Å²) in [5.74, 6) is -1.64. The molecular weight excluding hydrogens is 302 g/mol. The third-order valence-electron chi connectivity index (χ3n) is 3.63. The molecule has 9 heteroatoms. The maximum Gasteiger partial charge on any atom is 0.311 e. The van der Waals surface area contributed by atoms with E-state index in [1.807, 2.05) is 0 Å². The van der Waals surface area contributed by atoms with Gasteiger partial charge in [0.25, 0.3) is 11.6 Å². The van der Waals surface area contributed by atoms with Crippen LogP contribution in [0.25, 0.3) is 0 Å². The number of carboxylic acids is 1. The van der Waals surface area contributed by atoms with Crippen LogP contribution in [0.3, 0.4) is 0 Å². The van der Waals surface area contributed by atoms with E-state index in [-0.39, 0.29) is 22.9 Å². The van der Waals surface area contributed by atoms with Crippen LogP contribution in [-0.4, -0.2) is 33.4 Å². The van der Waals surface area contributed by atoms with Crippen LogP contribution in [0.4, 0.5) is 5.69 Å². The van der Waals surface area contributed by atoms with Crippen molar-refractivity contribution in [3.05, 3.63) is 33.1 Å². The number of hydrogen-bond acceptors (Lipinski definition) is 5. The van der Waals surface area contributed by atoms with Crippen molar-refractivity contribution in [3.63, 3.8) is 0 Å². The van der Waals surface area contributed by atoms with E-state index in [1.54, 1.807) is 0 Å². The number of halogens is 1. The molecule has 0 atom stereocenters. The first-order chi connectivity index (χ1) is 9.85. The quantitative estimate of drug-likeness (QED) is 0.484. The molecule has 1 aromatic heterocycles. The van der Waals surface area contributed by atoms with Gasteiger partial charge in [0.05, 0.1) is 15.9 Å². The Balaban J connectivity index is 2.12. The third-order valence-corrected chi connectivity index (χ3v) is 3.93. The van der Waals surface area contributed by atoms with Crippen LogP contribution < -0.4 is 5.32 Å². The lowest BCUT2D eigenvalue weighted by Crippen LogP contribution is -2.47. The smallest absolute Gasteiger partial charge is 0.311 e. The Morgan fingerprint density at radius 3 is 2.67 bits per heavy atom. The maximum atomic E-state index is 12.0. The van der Waals surface area contributed by atoms with E-state index >= 15 is 0 Å². The fourth-order valence-corrected chi connectivity index (χ4v) is 2.30. The lowest BCUT2D eigenvalue weighted by Gasteiger charge is -2.37. The second-order valence-corrected chi connectivity index (χ2v) is 5.27. The highest BCUT2D eigenvalue weighted by Crippen LogP contribution is 2.40. The Kier molecular flexibility index (Phi) is 4.08. The largest absolute Gasteiger partial charge is 0.481 e. The van der Waals surface area contributed by atoms with Crippen molar-refractivity contribution in [1.29, 1.82) is 0 Å². The summed E-state index contributed by atoms with van der Waals surface area (Å²) >= 11 is 5.75. The lowest BCUT2D eigenvalue weighted by molar-refractivity contribution is -0.385. The molecule has 0 aliphatic heterocycles. The highest BCUT2D eigenvalue weighted by Gasteiger charge is 2.44. The molecule has 1 fully saturated rings. The molecule has 1 aromatic rings. The normalized spacial score (nSPS) is 15.9. The van der Waals surface area contributed by atoms with Crippen molar-refractivity contribution < 1.29 is 19.6 Å². The van der Waals surface area contributed by atoms with E-state index in [9.17, 15) is 19.7 Å². The van der Waals surface area contributed by atoms with Crippen molar-refractivity contribution in [3.8, 4) is 0 Å². The summed E-state index contributed by atoms with van der Waals surface area (Å²) in [5, 5.41) is 22.1. The molecule has 2 N–H and O–H groups in total. The lowest BCUT2D eigenvalue weighted by atomic mass is 9.69. The van der Waals surface area contributed by atoms with E-state index in [0.29, 0.717) is 12.8 Å². The number of nitrogens with zero attached hydrogens (tertiary/aromatic N) is 2. The Morgan fingerprint density at radius 1 is 1.52 bits per heavy atom. The topological polar surface area (TPSA) is 122 Å². The van der Waals surface area contributed by atoms with E-state index in [0.717, 1.165) is 18.7 Å². The van der Waals surface area contributed by atoms with E-state index in [4.69, 9.17) is 16.7 Å². The van der Waals surface area contributed by atoms with Gasteiger partial charge < -0.3 is 10.4 Å².